The van der Waals surface area contributed by atoms with Crippen LogP contribution in [0.3, 0.4) is 0 Å². The molecule has 2 heterocycles. The van der Waals surface area contributed by atoms with Gasteiger partial charge in [0.05, 0.1) is 4.88 Å². The van der Waals surface area contributed by atoms with Crippen LogP contribution in [0.15, 0.2) is 17.2 Å². The van der Waals surface area contributed by atoms with E-state index in [2.05, 4.69) is 12.3 Å². The summed E-state index contributed by atoms with van der Waals surface area (Å²) in [6, 6.07) is 0. The van der Waals surface area contributed by atoms with Gasteiger partial charge in [-0.15, -0.1) is 11.3 Å². The molecule has 5 heteroatoms. The smallest absolute Gasteiger partial charge is 0.414 e. The lowest BCUT2D eigenvalue weighted by Crippen LogP contribution is -2.37. The van der Waals surface area contributed by atoms with Gasteiger partial charge in [-0.25, -0.2) is 4.79 Å². The Kier molecular flexibility index (Phi) is 2.56. The summed E-state index contributed by atoms with van der Waals surface area (Å²) in [7, 11) is 0. The van der Waals surface area contributed by atoms with E-state index in [1.54, 1.807) is 11.0 Å². The van der Waals surface area contributed by atoms with Gasteiger partial charge >= 0.3 is 6.09 Å². The number of hydrogen-bond acceptors (Lipinski definition) is 4. The van der Waals surface area contributed by atoms with Crippen LogP contribution < -0.4 is 0 Å². The number of likely N-dealkylation sites (tertiary alicyclic amines) is 1. The molecule has 116 valence electrons. The number of ketones is 1. The van der Waals surface area contributed by atoms with Gasteiger partial charge < -0.3 is 4.74 Å². The quantitative estimate of drug-likeness (QED) is 0.734. The Hall–Kier alpha value is -1.62. The molecule has 0 unspecified atom stereocenters. The number of ether oxygens (including phenoxy) is 1. The van der Waals surface area contributed by atoms with E-state index in [-0.39, 0.29) is 17.3 Å². The predicted octanol–water partition coefficient (Wildman–Crippen LogP) is 3.65. The molecule has 0 aromatic carbocycles. The van der Waals surface area contributed by atoms with Crippen molar-refractivity contribution in [3.8, 4) is 0 Å². The maximum atomic E-state index is 12.5. The fourth-order valence-corrected chi connectivity index (χ4v) is 4.97. The number of carbonyl (C=O) groups is 2. The fourth-order valence-electron chi connectivity index (χ4n) is 3.92. The predicted molar refractivity (Wildman–Crippen MR) is 84.2 cm³/mol. The molecule has 1 saturated carbocycles. The molecule has 1 aliphatic heterocycles. The van der Waals surface area contributed by atoms with Gasteiger partial charge in [0.25, 0.3) is 0 Å². The molecule has 2 aliphatic carbocycles. The zero-order valence-corrected chi connectivity index (χ0v) is 14.0. The lowest BCUT2D eigenvalue weighted by atomic mass is 9.84. The number of carbonyl (C=O) groups excluding carboxylic acids is 2. The second-order valence-electron chi connectivity index (χ2n) is 7.48. The Morgan fingerprint density at radius 1 is 1.45 bits per heavy atom. The first-order valence-corrected chi connectivity index (χ1v) is 8.47. The Labute approximate surface area is 133 Å². The topological polar surface area (TPSA) is 46.6 Å². The van der Waals surface area contributed by atoms with Gasteiger partial charge in [0.2, 0.25) is 0 Å². The van der Waals surface area contributed by atoms with Gasteiger partial charge in [-0.05, 0) is 56.5 Å². The third kappa shape index (κ3) is 1.69. The maximum absolute atomic E-state index is 12.5. The van der Waals surface area contributed by atoms with Gasteiger partial charge in [0, 0.05) is 23.7 Å². The molecule has 2 fully saturated rings. The molecule has 0 radical (unpaired) electrons. The number of hydrogen-bond donors (Lipinski definition) is 0. The molecular formula is C17H19NO3S. The second kappa shape index (κ2) is 4.02. The van der Waals surface area contributed by atoms with E-state index < -0.39 is 5.60 Å². The fraction of sp³-hybridized carbons (Fsp3) is 0.529. The molecule has 1 aromatic rings. The number of thiophene rings is 1. The number of allylic oxidation sites excluding steroid dienone is 2. The van der Waals surface area contributed by atoms with Crippen molar-refractivity contribution in [3.63, 3.8) is 0 Å². The number of aryl methyl sites for hydroxylation is 1. The van der Waals surface area contributed by atoms with E-state index in [9.17, 15) is 9.59 Å². The summed E-state index contributed by atoms with van der Waals surface area (Å²) in [4.78, 5) is 27.4. The average molecular weight is 317 g/mol. The van der Waals surface area contributed by atoms with E-state index in [1.807, 2.05) is 20.8 Å². The SMILES string of the molecule is Cc1csc2c1[C@]13C[C@H]1CN(C(=O)OC(C)(C)C)C3=CC2=O. The van der Waals surface area contributed by atoms with Crippen molar-refractivity contribution in [2.24, 2.45) is 5.92 Å². The van der Waals surface area contributed by atoms with Crippen LogP contribution in [0, 0.1) is 12.8 Å². The third-order valence-electron chi connectivity index (χ3n) is 4.78. The minimum absolute atomic E-state index is 0.0230. The molecule has 3 aliphatic rings. The molecule has 0 bridgehead atoms. The van der Waals surface area contributed by atoms with E-state index >= 15 is 0 Å². The molecule has 2 atom stereocenters. The number of piperidine rings is 1. The molecule has 1 amide bonds. The molecular weight excluding hydrogens is 298 g/mol. The molecule has 4 nitrogen and oxygen atoms in total. The minimum Gasteiger partial charge on any atom is -0.443 e. The summed E-state index contributed by atoms with van der Waals surface area (Å²) in [6.07, 6.45) is 2.36. The van der Waals surface area contributed by atoms with Crippen LogP contribution in [0.1, 0.15) is 48.0 Å². The molecule has 0 N–H and O–H groups in total. The van der Waals surface area contributed by atoms with Crippen molar-refractivity contribution >= 4 is 23.2 Å². The molecule has 1 spiro atoms. The standard InChI is InChI=1S/C17H19NO3S/c1-9-8-22-14-11(19)5-12-17(13(9)14)6-10(17)7-18(12)15(20)21-16(2,3)4/h5,8,10H,6-7H2,1-4H3/t10-,17+/m0/s1. The van der Waals surface area contributed by atoms with Crippen LogP contribution in [-0.2, 0) is 10.2 Å². The normalized spacial score (nSPS) is 28.7. The van der Waals surface area contributed by atoms with E-state index in [0.29, 0.717) is 12.5 Å². The molecule has 1 aromatic heterocycles. The maximum Gasteiger partial charge on any atom is 0.414 e. The molecule has 4 rings (SSSR count). The highest BCUT2D eigenvalue weighted by Crippen LogP contribution is 2.67. The number of rotatable bonds is 0. The van der Waals surface area contributed by atoms with Gasteiger partial charge in [-0.2, -0.15) is 0 Å². The van der Waals surface area contributed by atoms with Crippen molar-refractivity contribution in [2.45, 2.75) is 45.1 Å². The monoisotopic (exact) mass is 317 g/mol. The Balaban J connectivity index is 1.75. The number of fused-ring (bicyclic) bond motifs is 1. The van der Waals surface area contributed by atoms with E-state index in [0.717, 1.165) is 22.6 Å². The van der Waals surface area contributed by atoms with Crippen LogP contribution in [-0.4, -0.2) is 28.9 Å². The Morgan fingerprint density at radius 2 is 2.18 bits per heavy atom. The molecule has 1 saturated heterocycles. The van der Waals surface area contributed by atoms with Crippen molar-refractivity contribution in [2.75, 3.05) is 6.54 Å². The van der Waals surface area contributed by atoms with Gasteiger partial charge in [0.15, 0.2) is 5.78 Å². The summed E-state index contributed by atoms with van der Waals surface area (Å²) in [6.45, 7) is 8.30. The van der Waals surface area contributed by atoms with Crippen molar-refractivity contribution in [1.82, 2.24) is 4.90 Å². The highest BCUT2D eigenvalue weighted by molar-refractivity contribution is 7.12. The second-order valence-corrected chi connectivity index (χ2v) is 8.36. The first-order valence-electron chi connectivity index (χ1n) is 7.59. The average Bonchev–Trinajstić information content (AvgIpc) is 2.78. The van der Waals surface area contributed by atoms with E-state index in [4.69, 9.17) is 4.74 Å². The number of amides is 1. The van der Waals surface area contributed by atoms with Crippen molar-refractivity contribution in [1.29, 1.82) is 0 Å². The van der Waals surface area contributed by atoms with Gasteiger partial charge in [-0.3, -0.25) is 9.69 Å². The van der Waals surface area contributed by atoms with E-state index in [1.165, 1.54) is 16.9 Å². The Morgan fingerprint density at radius 3 is 2.86 bits per heavy atom. The van der Waals surface area contributed by atoms with Crippen LogP contribution in [0.25, 0.3) is 0 Å². The minimum atomic E-state index is -0.528. The van der Waals surface area contributed by atoms with Crippen LogP contribution in [0.5, 0.6) is 0 Å². The first kappa shape index (κ1) is 14.0. The number of nitrogens with zero attached hydrogens (tertiary/aromatic N) is 1. The Bertz CT molecular complexity index is 740. The zero-order valence-electron chi connectivity index (χ0n) is 13.2. The highest BCUT2D eigenvalue weighted by Gasteiger charge is 2.68. The highest BCUT2D eigenvalue weighted by atomic mass is 32.1. The largest absolute Gasteiger partial charge is 0.443 e. The van der Waals surface area contributed by atoms with Crippen LogP contribution in [0.4, 0.5) is 4.79 Å². The summed E-state index contributed by atoms with van der Waals surface area (Å²) in [5.74, 6) is 0.446. The van der Waals surface area contributed by atoms with Crippen LogP contribution in [0.2, 0.25) is 0 Å². The van der Waals surface area contributed by atoms with Crippen LogP contribution >= 0.6 is 11.3 Å². The summed E-state index contributed by atoms with van der Waals surface area (Å²) < 4.78 is 5.51. The van der Waals surface area contributed by atoms with Crippen molar-refractivity contribution in [3.05, 3.63) is 33.2 Å². The van der Waals surface area contributed by atoms with Gasteiger partial charge in [0.1, 0.15) is 5.60 Å². The lowest BCUT2D eigenvalue weighted by molar-refractivity contribution is 0.0322. The lowest BCUT2D eigenvalue weighted by Gasteiger charge is -2.30. The van der Waals surface area contributed by atoms with Gasteiger partial charge in [-0.1, -0.05) is 0 Å². The molecule has 22 heavy (non-hydrogen) atoms. The summed E-state index contributed by atoms with van der Waals surface area (Å²) >= 11 is 1.53. The summed E-state index contributed by atoms with van der Waals surface area (Å²) in [5.41, 5.74) is 2.55. The first-order chi connectivity index (χ1) is 10.2. The van der Waals surface area contributed by atoms with Crippen molar-refractivity contribution < 1.29 is 14.3 Å². The zero-order chi connectivity index (χ0) is 15.9. The third-order valence-corrected chi connectivity index (χ3v) is 5.89. The summed E-state index contributed by atoms with van der Waals surface area (Å²) in [5, 5.41) is 2.06.